The van der Waals surface area contributed by atoms with Gasteiger partial charge < -0.3 is 15.4 Å². The topological polar surface area (TPSA) is 84.5 Å². The van der Waals surface area contributed by atoms with E-state index in [1.54, 1.807) is 13.8 Å². The number of rotatable bonds is 6. The molecule has 2 N–H and O–H groups in total. The molecule has 2 aliphatic rings. The van der Waals surface area contributed by atoms with Gasteiger partial charge in [-0.05, 0) is 45.1 Å². The summed E-state index contributed by atoms with van der Waals surface area (Å²) in [5.74, 6) is -0.732. The first-order valence-electron chi connectivity index (χ1n) is 9.43. The van der Waals surface area contributed by atoms with Gasteiger partial charge >= 0.3 is 5.97 Å². The maximum absolute atomic E-state index is 12.7. The molecule has 142 valence electrons. The molecule has 2 amide bonds. The third-order valence-corrected chi connectivity index (χ3v) is 6.16. The molecule has 2 aliphatic carbocycles. The van der Waals surface area contributed by atoms with E-state index in [1.807, 2.05) is 0 Å². The van der Waals surface area contributed by atoms with Crippen LogP contribution in [0, 0.1) is 12.8 Å². The van der Waals surface area contributed by atoms with Crippen LogP contribution in [0.3, 0.4) is 0 Å². The number of anilines is 1. The minimum atomic E-state index is -0.496. The van der Waals surface area contributed by atoms with E-state index >= 15 is 0 Å². The Morgan fingerprint density at radius 3 is 2.42 bits per heavy atom. The van der Waals surface area contributed by atoms with Gasteiger partial charge in [0, 0.05) is 12.0 Å². The zero-order chi connectivity index (χ0) is 18.7. The predicted octanol–water partition coefficient (Wildman–Crippen LogP) is 3.64. The molecule has 6 nitrogen and oxygen atoms in total. The summed E-state index contributed by atoms with van der Waals surface area (Å²) in [7, 11) is 0. The Labute approximate surface area is 157 Å². The van der Waals surface area contributed by atoms with Crippen molar-refractivity contribution in [3.05, 3.63) is 16.0 Å². The number of hydrogen-bond donors (Lipinski definition) is 2. The van der Waals surface area contributed by atoms with Crippen LogP contribution in [-0.4, -0.2) is 30.4 Å². The summed E-state index contributed by atoms with van der Waals surface area (Å²) in [4.78, 5) is 37.8. The molecule has 0 aliphatic heterocycles. The molecule has 0 atom stereocenters. The average Bonchev–Trinajstić information content (AvgIpc) is 3.41. The Hall–Kier alpha value is -1.89. The monoisotopic (exact) mass is 378 g/mol. The van der Waals surface area contributed by atoms with Crippen LogP contribution in [-0.2, 0) is 9.53 Å². The Morgan fingerprint density at radius 2 is 1.81 bits per heavy atom. The van der Waals surface area contributed by atoms with E-state index in [4.69, 9.17) is 4.74 Å². The third-order valence-electron chi connectivity index (χ3n) is 4.96. The lowest BCUT2D eigenvalue weighted by molar-refractivity contribution is -0.117. The van der Waals surface area contributed by atoms with E-state index in [2.05, 4.69) is 10.6 Å². The standard InChI is InChI=1S/C19H26N2O4S/c1-3-25-19(24)14-11(2)15(17(23)20-13-7-5-4-6-8-13)26-18(14)21-16(22)12-9-10-12/h12-13H,3-10H2,1-2H3,(H,20,23)(H,21,22). The summed E-state index contributed by atoms with van der Waals surface area (Å²) < 4.78 is 5.13. The second-order valence-electron chi connectivity index (χ2n) is 7.05. The van der Waals surface area contributed by atoms with Crippen LogP contribution in [0.15, 0.2) is 0 Å². The van der Waals surface area contributed by atoms with Crippen molar-refractivity contribution in [2.24, 2.45) is 5.92 Å². The summed E-state index contributed by atoms with van der Waals surface area (Å²) in [5, 5.41) is 6.34. The lowest BCUT2D eigenvalue weighted by atomic mass is 9.95. The molecule has 0 unspecified atom stereocenters. The maximum Gasteiger partial charge on any atom is 0.341 e. The molecule has 0 saturated heterocycles. The molecule has 0 bridgehead atoms. The highest BCUT2D eigenvalue weighted by atomic mass is 32.1. The Morgan fingerprint density at radius 1 is 1.12 bits per heavy atom. The number of ether oxygens (including phenoxy) is 1. The van der Waals surface area contributed by atoms with Crippen molar-refractivity contribution >= 4 is 34.1 Å². The van der Waals surface area contributed by atoms with Crippen LogP contribution in [0.2, 0.25) is 0 Å². The van der Waals surface area contributed by atoms with Crippen LogP contribution >= 0.6 is 11.3 Å². The van der Waals surface area contributed by atoms with Crippen LogP contribution in [0.1, 0.15) is 77.5 Å². The average molecular weight is 378 g/mol. The third kappa shape index (κ3) is 4.26. The summed E-state index contributed by atoms with van der Waals surface area (Å²) in [5.41, 5.74) is 0.882. The van der Waals surface area contributed by atoms with E-state index in [0.29, 0.717) is 21.0 Å². The summed E-state index contributed by atoms with van der Waals surface area (Å²) in [6.07, 6.45) is 7.21. The smallest absolute Gasteiger partial charge is 0.341 e. The first-order valence-corrected chi connectivity index (χ1v) is 10.2. The molecule has 2 fully saturated rings. The van der Waals surface area contributed by atoms with Gasteiger partial charge in [-0.15, -0.1) is 11.3 Å². The number of nitrogens with one attached hydrogen (secondary N) is 2. The molecule has 3 rings (SSSR count). The molecule has 26 heavy (non-hydrogen) atoms. The molecule has 1 heterocycles. The highest BCUT2D eigenvalue weighted by Gasteiger charge is 2.33. The van der Waals surface area contributed by atoms with Gasteiger partial charge in [-0.3, -0.25) is 9.59 Å². The minimum Gasteiger partial charge on any atom is -0.462 e. The molecule has 0 spiro atoms. The van der Waals surface area contributed by atoms with Crippen molar-refractivity contribution in [2.45, 2.75) is 64.8 Å². The van der Waals surface area contributed by atoms with Crippen molar-refractivity contribution in [3.63, 3.8) is 0 Å². The van der Waals surface area contributed by atoms with Crippen molar-refractivity contribution in [1.29, 1.82) is 0 Å². The van der Waals surface area contributed by atoms with E-state index in [-0.39, 0.29) is 30.4 Å². The van der Waals surface area contributed by atoms with Crippen molar-refractivity contribution in [2.75, 3.05) is 11.9 Å². The molecular formula is C19H26N2O4S. The van der Waals surface area contributed by atoms with Gasteiger partial charge in [-0.2, -0.15) is 0 Å². The number of carbonyl (C=O) groups is 3. The molecule has 7 heteroatoms. The van der Waals surface area contributed by atoms with Gasteiger partial charge in [0.15, 0.2) is 0 Å². The quantitative estimate of drug-likeness (QED) is 0.740. The molecule has 2 saturated carbocycles. The van der Waals surface area contributed by atoms with Crippen molar-refractivity contribution in [3.8, 4) is 0 Å². The lowest BCUT2D eigenvalue weighted by Gasteiger charge is -2.22. The lowest BCUT2D eigenvalue weighted by Crippen LogP contribution is -2.36. The van der Waals surface area contributed by atoms with Gasteiger partial charge in [-0.1, -0.05) is 19.3 Å². The number of hydrogen-bond acceptors (Lipinski definition) is 5. The van der Waals surface area contributed by atoms with Gasteiger partial charge in [-0.25, -0.2) is 4.79 Å². The second kappa shape index (κ2) is 8.20. The van der Waals surface area contributed by atoms with Crippen LogP contribution in [0.4, 0.5) is 5.00 Å². The zero-order valence-corrected chi connectivity index (χ0v) is 16.2. The Balaban J connectivity index is 1.82. The highest BCUT2D eigenvalue weighted by molar-refractivity contribution is 7.18. The number of amides is 2. The van der Waals surface area contributed by atoms with Crippen LogP contribution in [0.5, 0.6) is 0 Å². The zero-order valence-electron chi connectivity index (χ0n) is 15.4. The maximum atomic E-state index is 12.7. The Kier molecular flexibility index (Phi) is 5.96. The van der Waals surface area contributed by atoms with Gasteiger partial charge in [0.2, 0.25) is 5.91 Å². The van der Waals surface area contributed by atoms with Gasteiger partial charge in [0.25, 0.3) is 5.91 Å². The van der Waals surface area contributed by atoms with E-state index < -0.39 is 5.97 Å². The van der Waals surface area contributed by atoms with Crippen molar-refractivity contribution in [1.82, 2.24) is 5.32 Å². The molecule has 1 aromatic rings. The summed E-state index contributed by atoms with van der Waals surface area (Å²) in [6.45, 7) is 3.72. The highest BCUT2D eigenvalue weighted by Crippen LogP contribution is 2.37. The first-order chi connectivity index (χ1) is 12.5. The largest absolute Gasteiger partial charge is 0.462 e. The number of carbonyl (C=O) groups excluding carboxylic acids is 3. The Bertz CT molecular complexity index is 703. The molecular weight excluding hydrogens is 352 g/mol. The fraction of sp³-hybridized carbons (Fsp3) is 0.632. The number of thiophene rings is 1. The molecule has 0 radical (unpaired) electrons. The predicted molar refractivity (Wildman–Crippen MR) is 101 cm³/mol. The first kappa shape index (κ1) is 18.9. The second-order valence-corrected chi connectivity index (χ2v) is 8.07. The fourth-order valence-electron chi connectivity index (χ4n) is 3.32. The molecule has 1 aromatic heterocycles. The van der Waals surface area contributed by atoms with Gasteiger partial charge in [0.1, 0.15) is 5.00 Å². The summed E-state index contributed by atoms with van der Waals surface area (Å²) >= 11 is 1.17. The number of esters is 1. The van der Waals surface area contributed by atoms with E-state index in [9.17, 15) is 14.4 Å². The van der Waals surface area contributed by atoms with Gasteiger partial charge in [0.05, 0.1) is 17.0 Å². The van der Waals surface area contributed by atoms with E-state index in [1.165, 1.54) is 17.8 Å². The minimum absolute atomic E-state index is 0.0203. The SMILES string of the molecule is CCOC(=O)c1c(NC(=O)C2CC2)sc(C(=O)NC2CCCCC2)c1C. The fourth-order valence-corrected chi connectivity index (χ4v) is 4.43. The normalized spacial score (nSPS) is 17.6. The van der Waals surface area contributed by atoms with Crippen LogP contribution < -0.4 is 10.6 Å². The van der Waals surface area contributed by atoms with Crippen molar-refractivity contribution < 1.29 is 19.1 Å². The van der Waals surface area contributed by atoms with E-state index in [0.717, 1.165) is 38.5 Å². The summed E-state index contributed by atoms with van der Waals surface area (Å²) in [6, 6.07) is 0.188. The van der Waals surface area contributed by atoms with Crippen LogP contribution in [0.25, 0.3) is 0 Å². The molecule has 0 aromatic carbocycles.